The van der Waals surface area contributed by atoms with Crippen molar-refractivity contribution in [2.45, 2.75) is 38.5 Å². The minimum Gasteiger partial charge on any atom is -0.393 e. The highest BCUT2D eigenvalue weighted by molar-refractivity contribution is 4.68. The normalized spacial score (nSPS) is 21.0. The molecular weight excluding hydrogens is 118 g/mol. The van der Waals surface area contributed by atoms with Crippen LogP contribution < -0.4 is 5.73 Å². The fraction of sp³-hybridized carbons (Fsp3) is 1.00. The number of aliphatic hydroxyl groups excluding tert-OH is 2. The van der Waals surface area contributed by atoms with Gasteiger partial charge in [-0.3, -0.25) is 0 Å². The van der Waals surface area contributed by atoms with E-state index in [-0.39, 0.29) is 6.04 Å². The number of rotatable bonds is 3. The molecule has 0 aliphatic rings. The van der Waals surface area contributed by atoms with Crippen molar-refractivity contribution < 1.29 is 10.2 Å². The van der Waals surface area contributed by atoms with Crippen LogP contribution in [-0.2, 0) is 0 Å². The zero-order chi connectivity index (χ0) is 7.44. The van der Waals surface area contributed by atoms with Gasteiger partial charge in [-0.15, -0.1) is 0 Å². The first kappa shape index (κ1) is 8.88. The maximum Gasteiger partial charge on any atom is 0.0712 e. The molecular formula is C6H15NO2. The monoisotopic (exact) mass is 133 g/mol. The van der Waals surface area contributed by atoms with Crippen LogP contribution in [0.15, 0.2) is 0 Å². The highest BCUT2D eigenvalue weighted by Gasteiger charge is 2.11. The van der Waals surface area contributed by atoms with Crippen molar-refractivity contribution >= 4 is 0 Å². The molecule has 0 saturated carbocycles. The van der Waals surface area contributed by atoms with Crippen molar-refractivity contribution in [3.63, 3.8) is 0 Å². The van der Waals surface area contributed by atoms with E-state index in [1.54, 1.807) is 13.8 Å². The number of nitrogens with two attached hydrogens (primary N) is 1. The Balaban J connectivity index is 3.38. The minimum atomic E-state index is -0.579. The highest BCUT2D eigenvalue weighted by Crippen LogP contribution is 1.99. The second kappa shape index (κ2) is 3.82. The summed E-state index contributed by atoms with van der Waals surface area (Å²) in [6, 6.07) is -0.250. The Bertz CT molecular complexity index is 73.5. The summed E-state index contributed by atoms with van der Waals surface area (Å²) in [5, 5.41) is 17.8. The zero-order valence-electron chi connectivity index (χ0n) is 5.91. The van der Waals surface area contributed by atoms with Crippen LogP contribution in [0.4, 0.5) is 0 Å². The van der Waals surface area contributed by atoms with Gasteiger partial charge in [0, 0.05) is 12.5 Å². The molecule has 0 radical (unpaired) electrons. The summed E-state index contributed by atoms with van der Waals surface area (Å²) in [5.41, 5.74) is 5.32. The van der Waals surface area contributed by atoms with Crippen LogP contribution in [0.2, 0.25) is 0 Å². The molecule has 0 saturated heterocycles. The molecule has 3 nitrogen and oxygen atoms in total. The number of aliphatic hydroxyl groups is 2. The summed E-state index contributed by atoms with van der Waals surface area (Å²) in [4.78, 5) is 0. The maximum absolute atomic E-state index is 9.01. The lowest BCUT2D eigenvalue weighted by Gasteiger charge is -2.15. The topological polar surface area (TPSA) is 66.5 Å². The zero-order valence-corrected chi connectivity index (χ0v) is 5.91. The Kier molecular flexibility index (Phi) is 3.77. The van der Waals surface area contributed by atoms with Crippen molar-refractivity contribution in [1.82, 2.24) is 0 Å². The van der Waals surface area contributed by atoms with E-state index < -0.39 is 12.2 Å². The largest absolute Gasteiger partial charge is 0.393 e. The predicted octanol–water partition coefficient (Wildman–Crippen LogP) is -0.535. The van der Waals surface area contributed by atoms with Crippen LogP contribution in [0, 0.1) is 0 Å². The van der Waals surface area contributed by atoms with Gasteiger partial charge in [-0.1, -0.05) is 0 Å². The molecule has 0 rings (SSSR count). The molecule has 0 aromatic heterocycles. The fourth-order valence-corrected chi connectivity index (χ4v) is 0.564. The Hall–Kier alpha value is -0.120. The van der Waals surface area contributed by atoms with E-state index in [0.717, 1.165) is 0 Å². The second-order valence-electron chi connectivity index (χ2n) is 2.51. The van der Waals surface area contributed by atoms with E-state index in [1.165, 1.54) is 0 Å². The van der Waals surface area contributed by atoms with Crippen molar-refractivity contribution in [3.05, 3.63) is 0 Å². The van der Waals surface area contributed by atoms with E-state index in [1.807, 2.05) is 0 Å². The van der Waals surface area contributed by atoms with Crippen LogP contribution in [-0.4, -0.2) is 28.5 Å². The molecule has 0 spiro atoms. The molecule has 0 aromatic rings. The first-order chi connectivity index (χ1) is 4.04. The lowest BCUT2D eigenvalue weighted by molar-refractivity contribution is 0.0775. The van der Waals surface area contributed by atoms with Crippen LogP contribution in [0.5, 0.6) is 0 Å². The summed E-state index contributed by atoms with van der Waals surface area (Å²) < 4.78 is 0. The minimum absolute atomic E-state index is 0.250. The first-order valence-corrected chi connectivity index (χ1v) is 3.15. The van der Waals surface area contributed by atoms with Crippen LogP contribution in [0.1, 0.15) is 20.3 Å². The third-order valence-corrected chi connectivity index (χ3v) is 1.19. The smallest absolute Gasteiger partial charge is 0.0712 e. The summed E-state index contributed by atoms with van der Waals surface area (Å²) in [6.07, 6.45) is -0.687. The highest BCUT2D eigenvalue weighted by atomic mass is 16.3. The van der Waals surface area contributed by atoms with Gasteiger partial charge < -0.3 is 15.9 Å². The van der Waals surface area contributed by atoms with Crippen molar-refractivity contribution in [2.24, 2.45) is 5.73 Å². The van der Waals surface area contributed by atoms with Gasteiger partial charge in [-0.05, 0) is 13.8 Å². The SMILES string of the molecule is CC(O)CC(O)C(C)N. The molecule has 3 atom stereocenters. The van der Waals surface area contributed by atoms with Crippen molar-refractivity contribution in [3.8, 4) is 0 Å². The Labute approximate surface area is 55.5 Å². The first-order valence-electron chi connectivity index (χ1n) is 3.15. The molecule has 56 valence electrons. The van der Waals surface area contributed by atoms with Gasteiger partial charge in [0.25, 0.3) is 0 Å². The van der Waals surface area contributed by atoms with E-state index >= 15 is 0 Å². The molecule has 0 aliphatic heterocycles. The molecule has 0 aliphatic carbocycles. The van der Waals surface area contributed by atoms with Gasteiger partial charge in [-0.25, -0.2) is 0 Å². The van der Waals surface area contributed by atoms with E-state index in [2.05, 4.69) is 0 Å². The quantitative estimate of drug-likeness (QED) is 0.484. The van der Waals surface area contributed by atoms with Gasteiger partial charge in [0.2, 0.25) is 0 Å². The maximum atomic E-state index is 9.01. The Morgan fingerprint density at radius 3 is 1.89 bits per heavy atom. The van der Waals surface area contributed by atoms with Gasteiger partial charge in [0.05, 0.1) is 12.2 Å². The standard InChI is InChI=1S/C6H15NO2/c1-4(8)3-6(9)5(2)7/h4-6,8-9H,3,7H2,1-2H3. The van der Waals surface area contributed by atoms with Crippen LogP contribution in [0.3, 0.4) is 0 Å². The average molecular weight is 133 g/mol. The molecule has 3 heteroatoms. The third-order valence-electron chi connectivity index (χ3n) is 1.19. The predicted molar refractivity (Wildman–Crippen MR) is 36.0 cm³/mol. The molecule has 9 heavy (non-hydrogen) atoms. The molecule has 3 unspecified atom stereocenters. The summed E-state index contributed by atoms with van der Waals surface area (Å²) in [5.74, 6) is 0. The van der Waals surface area contributed by atoms with Gasteiger partial charge >= 0.3 is 0 Å². The second-order valence-corrected chi connectivity index (χ2v) is 2.51. The van der Waals surface area contributed by atoms with Crippen molar-refractivity contribution in [2.75, 3.05) is 0 Å². The summed E-state index contributed by atoms with van der Waals surface area (Å²) in [6.45, 7) is 3.35. The summed E-state index contributed by atoms with van der Waals surface area (Å²) >= 11 is 0. The molecule has 0 fully saturated rings. The van der Waals surface area contributed by atoms with E-state index in [0.29, 0.717) is 6.42 Å². The van der Waals surface area contributed by atoms with Gasteiger partial charge in [0.15, 0.2) is 0 Å². The average Bonchev–Trinajstić information content (AvgIpc) is 1.63. The Morgan fingerprint density at radius 1 is 1.33 bits per heavy atom. The summed E-state index contributed by atoms with van der Waals surface area (Å²) in [7, 11) is 0. The molecule has 4 N–H and O–H groups in total. The fourth-order valence-electron chi connectivity index (χ4n) is 0.564. The molecule has 0 aromatic carbocycles. The molecule has 0 amide bonds. The van der Waals surface area contributed by atoms with E-state index in [4.69, 9.17) is 15.9 Å². The van der Waals surface area contributed by atoms with Crippen molar-refractivity contribution in [1.29, 1.82) is 0 Å². The van der Waals surface area contributed by atoms with Crippen LogP contribution >= 0.6 is 0 Å². The lowest BCUT2D eigenvalue weighted by atomic mass is 10.1. The molecule has 0 bridgehead atoms. The van der Waals surface area contributed by atoms with Gasteiger partial charge in [0.1, 0.15) is 0 Å². The Morgan fingerprint density at radius 2 is 1.78 bits per heavy atom. The van der Waals surface area contributed by atoms with E-state index in [9.17, 15) is 0 Å². The molecule has 0 heterocycles. The lowest BCUT2D eigenvalue weighted by Crippen LogP contribution is -2.33. The number of hydrogen-bond acceptors (Lipinski definition) is 3. The van der Waals surface area contributed by atoms with Gasteiger partial charge in [-0.2, -0.15) is 0 Å². The number of hydrogen-bond donors (Lipinski definition) is 3. The van der Waals surface area contributed by atoms with Crippen LogP contribution in [0.25, 0.3) is 0 Å². The third kappa shape index (κ3) is 4.39.